The third-order valence-corrected chi connectivity index (χ3v) is 6.85. The number of hydrogen-bond donors (Lipinski definition) is 0. The molecule has 1 fully saturated rings. The van der Waals surface area contributed by atoms with E-state index in [0.717, 1.165) is 12.0 Å². The molecule has 5 nitrogen and oxygen atoms in total. The second kappa shape index (κ2) is 8.65. The summed E-state index contributed by atoms with van der Waals surface area (Å²) < 4.78 is 5.78. The molecule has 2 aliphatic rings. The summed E-state index contributed by atoms with van der Waals surface area (Å²) in [6, 6.07) is 20.0. The number of amides is 1. The summed E-state index contributed by atoms with van der Waals surface area (Å²) in [6.07, 6.45) is 4.01. The highest BCUT2D eigenvalue weighted by atomic mass is 16.3. The standard InChI is InChI=1S/C27H28N2O3/c1-19-17-22-9-5-6-10-24(22)29(19)18-25-23(13-16-32-25)27(31)28-14-11-21(12-15-28)26(30)20-7-3-2-4-8-20/h2-10,13,16,19,21H,11-12,14-15,17-18H2,1H3. The SMILES string of the molecule is CC1Cc2ccccc2N1Cc1occc1C(=O)N1CCC(C(=O)c2ccccc2)CC1. The molecule has 2 aromatic carbocycles. The molecule has 1 unspecified atom stereocenters. The highest BCUT2D eigenvalue weighted by molar-refractivity contribution is 5.98. The molecule has 164 valence electrons. The number of hydrogen-bond acceptors (Lipinski definition) is 4. The van der Waals surface area contributed by atoms with Crippen molar-refractivity contribution >= 4 is 17.4 Å². The van der Waals surface area contributed by atoms with Crippen LogP contribution >= 0.6 is 0 Å². The number of Topliss-reactive ketones (excluding diaryl/α,β-unsaturated/α-hetero) is 1. The van der Waals surface area contributed by atoms with Crippen molar-refractivity contribution in [1.82, 2.24) is 4.90 Å². The van der Waals surface area contributed by atoms with Crippen LogP contribution in [0.2, 0.25) is 0 Å². The Kier molecular flexibility index (Phi) is 5.56. The molecule has 5 heteroatoms. The molecule has 0 N–H and O–H groups in total. The monoisotopic (exact) mass is 428 g/mol. The minimum Gasteiger partial charge on any atom is -0.467 e. The minimum absolute atomic E-state index is 0.000467. The number of carbonyl (C=O) groups is 2. The first kappa shape index (κ1) is 20.6. The van der Waals surface area contributed by atoms with Crippen LogP contribution in [0.15, 0.2) is 71.3 Å². The van der Waals surface area contributed by atoms with Gasteiger partial charge in [-0.2, -0.15) is 0 Å². The van der Waals surface area contributed by atoms with Crippen molar-refractivity contribution in [2.45, 2.75) is 38.8 Å². The smallest absolute Gasteiger partial charge is 0.257 e. The lowest BCUT2D eigenvalue weighted by molar-refractivity contribution is 0.0648. The molecule has 1 amide bonds. The number of ketones is 1. The lowest BCUT2D eigenvalue weighted by Gasteiger charge is -2.31. The zero-order chi connectivity index (χ0) is 22.1. The van der Waals surface area contributed by atoms with E-state index in [2.05, 4.69) is 36.1 Å². The molecule has 3 heterocycles. The summed E-state index contributed by atoms with van der Waals surface area (Å²) in [4.78, 5) is 30.2. The molecule has 32 heavy (non-hydrogen) atoms. The Morgan fingerprint density at radius 3 is 2.47 bits per heavy atom. The first-order valence-electron chi connectivity index (χ1n) is 11.4. The largest absolute Gasteiger partial charge is 0.467 e. The first-order valence-corrected chi connectivity index (χ1v) is 11.4. The molecule has 1 aromatic heterocycles. The maximum Gasteiger partial charge on any atom is 0.257 e. The fraction of sp³-hybridized carbons (Fsp3) is 0.333. The fourth-order valence-corrected chi connectivity index (χ4v) is 5.03. The van der Waals surface area contributed by atoms with Gasteiger partial charge in [-0.1, -0.05) is 48.5 Å². The molecule has 0 bridgehead atoms. The molecule has 0 radical (unpaired) electrons. The van der Waals surface area contributed by atoms with E-state index >= 15 is 0 Å². The van der Waals surface area contributed by atoms with Gasteiger partial charge in [-0.3, -0.25) is 9.59 Å². The number of para-hydroxylation sites is 1. The maximum atomic E-state index is 13.3. The summed E-state index contributed by atoms with van der Waals surface area (Å²) in [5.41, 5.74) is 3.95. The van der Waals surface area contributed by atoms with E-state index in [-0.39, 0.29) is 17.6 Å². The summed E-state index contributed by atoms with van der Waals surface area (Å²) >= 11 is 0. The topological polar surface area (TPSA) is 53.8 Å². The van der Waals surface area contributed by atoms with E-state index in [0.29, 0.717) is 49.8 Å². The van der Waals surface area contributed by atoms with Crippen LogP contribution in [-0.2, 0) is 13.0 Å². The lowest BCUT2D eigenvalue weighted by Crippen LogP contribution is -2.40. The van der Waals surface area contributed by atoms with Crippen LogP contribution in [0.3, 0.4) is 0 Å². The summed E-state index contributed by atoms with van der Waals surface area (Å²) in [7, 11) is 0. The molecule has 3 aromatic rings. The van der Waals surface area contributed by atoms with E-state index < -0.39 is 0 Å². The third kappa shape index (κ3) is 3.83. The number of rotatable bonds is 5. The van der Waals surface area contributed by atoms with Gasteiger partial charge in [0.15, 0.2) is 5.78 Å². The van der Waals surface area contributed by atoms with Crippen LogP contribution in [0.25, 0.3) is 0 Å². The van der Waals surface area contributed by atoms with Crippen LogP contribution < -0.4 is 4.90 Å². The molecule has 1 atom stereocenters. The van der Waals surface area contributed by atoms with Crippen molar-refractivity contribution in [3.63, 3.8) is 0 Å². The number of nitrogens with zero attached hydrogens (tertiary/aromatic N) is 2. The Morgan fingerprint density at radius 2 is 1.69 bits per heavy atom. The predicted molar refractivity (Wildman–Crippen MR) is 124 cm³/mol. The van der Waals surface area contributed by atoms with Crippen LogP contribution in [0.5, 0.6) is 0 Å². The number of likely N-dealkylation sites (tertiary alicyclic amines) is 1. The molecule has 5 rings (SSSR count). The van der Waals surface area contributed by atoms with Crippen LogP contribution in [-0.4, -0.2) is 35.7 Å². The minimum atomic E-state index is -0.0211. The normalized spacial score (nSPS) is 18.6. The quantitative estimate of drug-likeness (QED) is 0.539. The Hall–Kier alpha value is -3.34. The average Bonchev–Trinajstić information content (AvgIpc) is 3.43. The summed E-state index contributed by atoms with van der Waals surface area (Å²) in [5.74, 6) is 0.871. The Balaban J connectivity index is 1.25. The molecular formula is C27H28N2O3. The predicted octanol–water partition coefficient (Wildman–Crippen LogP) is 4.97. The lowest BCUT2D eigenvalue weighted by atomic mass is 9.88. The fourth-order valence-electron chi connectivity index (χ4n) is 5.03. The van der Waals surface area contributed by atoms with E-state index in [1.165, 1.54) is 11.3 Å². The number of fused-ring (bicyclic) bond motifs is 1. The maximum absolute atomic E-state index is 13.3. The van der Waals surface area contributed by atoms with Gasteiger partial charge in [0.2, 0.25) is 0 Å². The van der Waals surface area contributed by atoms with Gasteiger partial charge in [-0.25, -0.2) is 0 Å². The van der Waals surface area contributed by atoms with Crippen molar-refractivity contribution < 1.29 is 14.0 Å². The van der Waals surface area contributed by atoms with Gasteiger partial charge in [0, 0.05) is 36.3 Å². The summed E-state index contributed by atoms with van der Waals surface area (Å²) in [6.45, 7) is 3.97. The van der Waals surface area contributed by atoms with Gasteiger partial charge in [-0.15, -0.1) is 0 Å². The molecule has 0 spiro atoms. The average molecular weight is 429 g/mol. The van der Waals surface area contributed by atoms with E-state index in [4.69, 9.17) is 4.42 Å². The summed E-state index contributed by atoms with van der Waals surface area (Å²) in [5, 5.41) is 0. The highest BCUT2D eigenvalue weighted by Crippen LogP contribution is 2.34. The van der Waals surface area contributed by atoms with Crippen LogP contribution in [0, 0.1) is 5.92 Å². The van der Waals surface area contributed by atoms with Crippen molar-refractivity contribution in [3.05, 3.63) is 89.4 Å². The van der Waals surface area contributed by atoms with Crippen molar-refractivity contribution in [1.29, 1.82) is 0 Å². The van der Waals surface area contributed by atoms with Crippen LogP contribution in [0.4, 0.5) is 5.69 Å². The molecule has 2 aliphatic heterocycles. The van der Waals surface area contributed by atoms with Gasteiger partial charge in [0.05, 0.1) is 18.4 Å². The van der Waals surface area contributed by atoms with E-state index in [9.17, 15) is 9.59 Å². The second-order valence-electron chi connectivity index (χ2n) is 8.86. The van der Waals surface area contributed by atoms with Gasteiger partial charge in [0.1, 0.15) is 5.76 Å². The number of furan rings is 1. The Labute approximate surface area is 188 Å². The number of carbonyl (C=O) groups excluding carboxylic acids is 2. The van der Waals surface area contributed by atoms with Crippen LogP contribution in [0.1, 0.15) is 51.8 Å². The molecule has 1 saturated heterocycles. The molecular weight excluding hydrogens is 400 g/mol. The zero-order valence-corrected chi connectivity index (χ0v) is 18.4. The third-order valence-electron chi connectivity index (χ3n) is 6.85. The van der Waals surface area contributed by atoms with Gasteiger partial charge >= 0.3 is 0 Å². The van der Waals surface area contributed by atoms with Gasteiger partial charge < -0.3 is 14.2 Å². The van der Waals surface area contributed by atoms with Crippen molar-refractivity contribution in [3.8, 4) is 0 Å². The highest BCUT2D eigenvalue weighted by Gasteiger charge is 2.32. The number of benzene rings is 2. The van der Waals surface area contributed by atoms with Gasteiger partial charge in [-0.05, 0) is 43.9 Å². The first-order chi connectivity index (χ1) is 15.6. The zero-order valence-electron chi connectivity index (χ0n) is 18.4. The molecule has 0 aliphatic carbocycles. The van der Waals surface area contributed by atoms with Crippen molar-refractivity contribution in [2.24, 2.45) is 5.92 Å². The Morgan fingerprint density at radius 1 is 0.969 bits per heavy atom. The van der Waals surface area contributed by atoms with E-state index in [1.54, 1.807) is 12.3 Å². The number of anilines is 1. The Bertz CT molecular complexity index is 1110. The second-order valence-corrected chi connectivity index (χ2v) is 8.86. The van der Waals surface area contributed by atoms with Gasteiger partial charge in [0.25, 0.3) is 5.91 Å². The molecule has 0 saturated carbocycles. The van der Waals surface area contributed by atoms with Crippen molar-refractivity contribution in [2.75, 3.05) is 18.0 Å². The number of piperidine rings is 1. The van der Waals surface area contributed by atoms with E-state index in [1.807, 2.05) is 35.2 Å².